The number of phenols is 2. The normalized spacial score (nSPS) is 30.2. The fourth-order valence-electron chi connectivity index (χ4n) is 9.98. The van der Waals surface area contributed by atoms with E-state index in [1.807, 2.05) is 20.9 Å². The van der Waals surface area contributed by atoms with Crippen molar-refractivity contribution >= 4 is 17.7 Å². The molecule has 2 saturated heterocycles. The molecule has 7 aliphatic rings. The molecule has 1 unspecified atom stereocenters. The van der Waals surface area contributed by atoms with Crippen LogP contribution < -0.4 is 29.0 Å². The second-order valence-corrected chi connectivity index (χ2v) is 15.7. The van der Waals surface area contributed by atoms with Crippen LogP contribution in [0.2, 0.25) is 0 Å². The molecule has 0 amide bonds. The van der Waals surface area contributed by atoms with Crippen LogP contribution in [0.1, 0.15) is 61.8 Å². The van der Waals surface area contributed by atoms with Crippen molar-refractivity contribution in [3.8, 4) is 40.2 Å². The van der Waals surface area contributed by atoms with E-state index in [1.165, 1.54) is 7.11 Å². The molecular weight excluding hydrogens is 690 g/mol. The number of aromatic hydroxyl groups is 2. The largest absolute Gasteiger partial charge is 0.504 e. The van der Waals surface area contributed by atoms with Gasteiger partial charge in [-0.2, -0.15) is 0 Å². The van der Waals surface area contributed by atoms with Crippen LogP contribution in [0.15, 0.2) is 18.2 Å². The fraction of sp³-hybridized carbons (Fsp3) is 0.500. The number of aliphatic hydroxyl groups is 1. The van der Waals surface area contributed by atoms with Gasteiger partial charge in [0.15, 0.2) is 40.0 Å². The van der Waals surface area contributed by atoms with Gasteiger partial charge in [-0.3, -0.25) is 15.1 Å². The molecule has 7 heterocycles. The highest BCUT2D eigenvalue weighted by Gasteiger charge is 2.61. The molecule has 13 nitrogen and oxygen atoms in total. The maximum atomic E-state index is 14.6. The van der Waals surface area contributed by atoms with Crippen LogP contribution in [0.5, 0.6) is 40.2 Å². The summed E-state index contributed by atoms with van der Waals surface area (Å²) in [5.41, 5.74) is 5.24. The van der Waals surface area contributed by atoms with Crippen molar-refractivity contribution in [2.75, 3.05) is 54.1 Å². The molecule has 2 fully saturated rings. The van der Waals surface area contributed by atoms with Crippen LogP contribution in [-0.2, 0) is 27.9 Å². The third kappa shape index (κ3) is 4.35. The smallest absolute Gasteiger partial charge is 0.331 e. The molecule has 0 aliphatic carbocycles. The van der Waals surface area contributed by atoms with Crippen LogP contribution in [0, 0.1) is 13.8 Å². The van der Waals surface area contributed by atoms with E-state index in [4.69, 9.17) is 28.4 Å². The number of phenolic OH excluding ortho intramolecular Hbond substituents is 2. The van der Waals surface area contributed by atoms with Gasteiger partial charge in [0, 0.05) is 40.6 Å². The van der Waals surface area contributed by atoms with E-state index in [0.717, 1.165) is 38.9 Å². The number of aliphatic hydroxyl groups excluding tert-OH is 1. The minimum Gasteiger partial charge on any atom is -0.504 e. The number of likely N-dealkylation sites (N-methyl/N-ethyl adjacent to an activating group) is 1. The van der Waals surface area contributed by atoms with Crippen molar-refractivity contribution in [2.24, 2.45) is 0 Å². The number of aryl methyl sites for hydroxylation is 1. The summed E-state index contributed by atoms with van der Waals surface area (Å²) >= 11 is 1.57. The molecule has 0 aromatic heterocycles. The zero-order chi connectivity index (χ0) is 36.4. The number of nitrogens with one attached hydrogen (secondary N) is 1. The van der Waals surface area contributed by atoms with Gasteiger partial charge in [0.1, 0.15) is 18.6 Å². The average Bonchev–Trinajstić information content (AvgIpc) is 3.62. The Bertz CT molecular complexity index is 2030. The molecule has 7 atom stereocenters. The number of carbonyl (C=O) groups excluding carboxylic acids is 1. The molecule has 3 aromatic carbocycles. The number of esters is 1. The maximum Gasteiger partial charge on any atom is 0.331 e. The van der Waals surface area contributed by atoms with Gasteiger partial charge >= 0.3 is 5.97 Å². The van der Waals surface area contributed by atoms with Gasteiger partial charge in [0.25, 0.3) is 0 Å². The summed E-state index contributed by atoms with van der Waals surface area (Å²) in [6.45, 7) is 4.28. The van der Waals surface area contributed by atoms with Crippen LogP contribution in [0.4, 0.5) is 0 Å². The van der Waals surface area contributed by atoms with E-state index in [0.29, 0.717) is 47.9 Å². The summed E-state index contributed by atoms with van der Waals surface area (Å²) in [6, 6.07) is 3.63. The number of hydrogen-bond acceptors (Lipinski definition) is 14. The second-order valence-electron chi connectivity index (χ2n) is 14.5. The highest BCUT2D eigenvalue weighted by Crippen LogP contribution is 2.64. The quantitative estimate of drug-likeness (QED) is 0.291. The monoisotopic (exact) mass is 733 g/mol. The molecule has 0 saturated carbocycles. The lowest BCUT2D eigenvalue weighted by atomic mass is 9.73. The zero-order valence-corrected chi connectivity index (χ0v) is 30.8. The number of fused-ring (bicyclic) bond motifs is 9. The standard InChI is InChI=1S/C38H43N3O10S/c1-16-9-19-10-21-36(44)41-22-13-49-37(45)38(20-12-24(46-4)23(42)11-18(20)7-8-39-38)14-52-35(29(41)28(40(21)3)25(19)30(43)31(16)47-5)27-26(22)34-33(50-15-51-34)17(2)32(27)48-6/h9,11-12,21-22,28-29,35-36,39,42-44H,7-8,10,13-15H2,1-6H3/t21-,22-,28+,29?,35+,36-,38+/m0/s1. The van der Waals surface area contributed by atoms with Crippen LogP contribution in [-0.4, -0.2) is 103 Å². The topological polar surface area (TPSA) is 152 Å². The Kier molecular flexibility index (Phi) is 7.76. The molecule has 10 rings (SSSR count). The van der Waals surface area contributed by atoms with Crippen molar-refractivity contribution in [2.45, 2.75) is 67.9 Å². The highest BCUT2D eigenvalue weighted by molar-refractivity contribution is 7.99. The molecule has 4 bridgehead atoms. The zero-order valence-electron chi connectivity index (χ0n) is 29.9. The highest BCUT2D eigenvalue weighted by atomic mass is 32.2. The predicted octanol–water partition coefficient (Wildman–Crippen LogP) is 3.50. The molecule has 0 radical (unpaired) electrons. The minimum absolute atomic E-state index is 0.00863. The van der Waals surface area contributed by atoms with Crippen molar-refractivity contribution in [1.82, 2.24) is 15.1 Å². The second kappa shape index (κ2) is 12.0. The summed E-state index contributed by atoms with van der Waals surface area (Å²) in [7, 11) is 6.70. The molecule has 7 aliphatic heterocycles. The Labute approximate surface area is 305 Å². The van der Waals surface area contributed by atoms with Gasteiger partial charge in [-0.15, -0.1) is 11.8 Å². The Morgan fingerprint density at radius 3 is 2.48 bits per heavy atom. The van der Waals surface area contributed by atoms with E-state index in [1.54, 1.807) is 38.1 Å². The number of piperazine rings is 1. The Morgan fingerprint density at radius 1 is 0.962 bits per heavy atom. The van der Waals surface area contributed by atoms with Crippen molar-refractivity contribution < 1.29 is 48.5 Å². The number of methoxy groups -OCH3 is 3. The number of hydrogen-bond donors (Lipinski definition) is 4. The first kappa shape index (κ1) is 33.7. The third-order valence-electron chi connectivity index (χ3n) is 12.2. The van der Waals surface area contributed by atoms with Gasteiger partial charge in [-0.1, -0.05) is 6.07 Å². The van der Waals surface area contributed by atoms with E-state index in [2.05, 4.69) is 21.2 Å². The summed E-state index contributed by atoms with van der Waals surface area (Å²) < 4.78 is 36.2. The summed E-state index contributed by atoms with van der Waals surface area (Å²) in [5, 5.41) is 38.3. The predicted molar refractivity (Wildman–Crippen MR) is 190 cm³/mol. The number of ether oxygens (including phenoxy) is 6. The lowest BCUT2D eigenvalue weighted by Gasteiger charge is -2.62. The maximum absolute atomic E-state index is 14.6. The lowest BCUT2D eigenvalue weighted by Crippen LogP contribution is -2.70. The molecular formula is C38H43N3O10S. The van der Waals surface area contributed by atoms with Gasteiger partial charge < -0.3 is 43.7 Å². The number of rotatable bonds is 3. The van der Waals surface area contributed by atoms with E-state index in [9.17, 15) is 20.1 Å². The Balaban J connectivity index is 1.31. The molecule has 1 spiro atoms. The van der Waals surface area contributed by atoms with Gasteiger partial charge in [0.2, 0.25) is 6.79 Å². The average molecular weight is 734 g/mol. The number of carbonyl (C=O) groups is 1. The van der Waals surface area contributed by atoms with E-state index >= 15 is 0 Å². The van der Waals surface area contributed by atoms with Crippen molar-refractivity contribution in [3.05, 3.63) is 62.7 Å². The first-order valence-electron chi connectivity index (χ1n) is 17.6. The Hall–Kier alpha value is -4.08. The number of nitrogens with zero attached hydrogens (tertiary/aromatic N) is 2. The summed E-state index contributed by atoms with van der Waals surface area (Å²) in [6.07, 6.45) is 0.130. The molecule has 52 heavy (non-hydrogen) atoms. The summed E-state index contributed by atoms with van der Waals surface area (Å²) in [5.74, 6) is 2.34. The van der Waals surface area contributed by atoms with E-state index in [-0.39, 0.29) is 42.4 Å². The van der Waals surface area contributed by atoms with Crippen LogP contribution in [0.25, 0.3) is 0 Å². The van der Waals surface area contributed by atoms with Gasteiger partial charge in [0.05, 0.1) is 44.7 Å². The first-order chi connectivity index (χ1) is 25.1. The lowest BCUT2D eigenvalue weighted by molar-refractivity contribution is -0.186. The molecule has 4 N–H and O–H groups in total. The fourth-order valence-corrected chi connectivity index (χ4v) is 11.7. The van der Waals surface area contributed by atoms with E-state index < -0.39 is 41.1 Å². The van der Waals surface area contributed by atoms with Crippen molar-refractivity contribution in [1.29, 1.82) is 0 Å². The number of benzene rings is 3. The van der Waals surface area contributed by atoms with Gasteiger partial charge in [-0.25, -0.2) is 4.79 Å². The third-order valence-corrected chi connectivity index (χ3v) is 13.7. The summed E-state index contributed by atoms with van der Waals surface area (Å²) in [4.78, 5) is 18.9. The SMILES string of the molecule is COc1cc2c(cc1O)CCN[C@]21CS[C@@H]2c3c(OC)c(C)c4c(c3[C@H](COC1=O)N1C2[C@H]2c3c(cc(C)c(OC)c3O)C[C@@H]([C@@H]1O)N2C)OCO4. The van der Waals surface area contributed by atoms with Crippen LogP contribution >= 0.6 is 11.8 Å². The first-order valence-corrected chi connectivity index (χ1v) is 18.6. The number of thioether (sulfide) groups is 1. The molecule has 14 heteroatoms. The molecule has 276 valence electrons. The van der Waals surface area contributed by atoms with Crippen molar-refractivity contribution in [3.63, 3.8) is 0 Å². The Morgan fingerprint density at radius 2 is 1.73 bits per heavy atom. The van der Waals surface area contributed by atoms with Crippen LogP contribution in [0.3, 0.4) is 0 Å². The van der Waals surface area contributed by atoms with Gasteiger partial charge in [-0.05, 0) is 68.1 Å². The molecule has 3 aromatic rings. The minimum atomic E-state index is -1.28.